The second-order valence-corrected chi connectivity index (χ2v) is 6.97. The maximum Gasteiger partial charge on any atom is 0.233 e. The van der Waals surface area contributed by atoms with Gasteiger partial charge in [-0.3, -0.25) is 9.69 Å². The molecule has 1 saturated heterocycles. The van der Waals surface area contributed by atoms with Crippen molar-refractivity contribution in [3.05, 3.63) is 34.9 Å². The summed E-state index contributed by atoms with van der Waals surface area (Å²) in [6, 6.07) is 7.70. The summed E-state index contributed by atoms with van der Waals surface area (Å²) in [4.78, 5) is 17.1. The zero-order chi connectivity index (χ0) is 15.7. The molecule has 120 valence electrons. The Morgan fingerprint density at radius 1 is 1.23 bits per heavy atom. The van der Waals surface area contributed by atoms with Crippen LogP contribution in [0.3, 0.4) is 0 Å². The molecule has 1 heterocycles. The fourth-order valence-electron chi connectivity index (χ4n) is 3.33. The number of hydrogen-bond donors (Lipinski definition) is 1. The number of halogens is 1. The van der Waals surface area contributed by atoms with Crippen molar-refractivity contribution < 1.29 is 9.90 Å². The first-order chi connectivity index (χ1) is 10.5. The number of amides is 1. The van der Waals surface area contributed by atoms with Crippen molar-refractivity contribution >= 4 is 17.5 Å². The van der Waals surface area contributed by atoms with Gasteiger partial charge in [0.15, 0.2) is 0 Å². The Bertz CT molecular complexity index is 532. The second kappa shape index (κ2) is 6.19. The number of carbonyl (C=O) groups is 1. The lowest BCUT2D eigenvalue weighted by Crippen LogP contribution is -2.52. The van der Waals surface area contributed by atoms with Crippen molar-refractivity contribution in [1.29, 1.82) is 0 Å². The van der Waals surface area contributed by atoms with Gasteiger partial charge in [0.2, 0.25) is 5.91 Å². The van der Waals surface area contributed by atoms with Crippen LogP contribution in [0.5, 0.6) is 0 Å². The molecular formula is C17H23ClN2O2. The number of rotatable bonds is 4. The molecule has 0 unspecified atom stereocenters. The molecule has 22 heavy (non-hydrogen) atoms. The first-order valence-corrected chi connectivity index (χ1v) is 8.35. The van der Waals surface area contributed by atoms with Crippen molar-refractivity contribution in [3.63, 3.8) is 0 Å². The highest BCUT2D eigenvalue weighted by Gasteiger charge is 2.53. The number of aliphatic hydroxyl groups excluding tert-OH is 1. The molecule has 2 aliphatic rings. The van der Waals surface area contributed by atoms with E-state index >= 15 is 0 Å². The molecule has 0 bridgehead atoms. The molecule has 1 saturated carbocycles. The summed E-state index contributed by atoms with van der Waals surface area (Å²) < 4.78 is 0. The Kier molecular flexibility index (Phi) is 4.44. The summed E-state index contributed by atoms with van der Waals surface area (Å²) in [6.45, 7) is 5.67. The van der Waals surface area contributed by atoms with E-state index in [-0.39, 0.29) is 17.4 Å². The Balaban J connectivity index is 1.64. The number of nitrogens with zero attached hydrogens (tertiary/aromatic N) is 2. The largest absolute Gasteiger partial charge is 0.392 e. The molecule has 1 aromatic carbocycles. The van der Waals surface area contributed by atoms with Gasteiger partial charge in [0.1, 0.15) is 0 Å². The van der Waals surface area contributed by atoms with E-state index in [0.717, 1.165) is 44.6 Å². The van der Waals surface area contributed by atoms with Crippen LogP contribution in [0.15, 0.2) is 24.3 Å². The monoisotopic (exact) mass is 322 g/mol. The van der Waals surface area contributed by atoms with E-state index in [1.165, 1.54) is 0 Å². The Labute approximate surface area is 136 Å². The molecule has 1 aromatic rings. The minimum atomic E-state index is -0.314. The van der Waals surface area contributed by atoms with Crippen LogP contribution in [-0.2, 0) is 10.2 Å². The molecule has 0 radical (unpaired) electrons. The average Bonchev–Trinajstić information content (AvgIpc) is 3.29. The summed E-state index contributed by atoms with van der Waals surface area (Å²) in [5, 5.41) is 10.2. The van der Waals surface area contributed by atoms with Gasteiger partial charge in [-0.2, -0.15) is 0 Å². The molecule has 1 amide bonds. The van der Waals surface area contributed by atoms with Crippen LogP contribution >= 0.6 is 11.6 Å². The standard InChI is InChI=1S/C17H23ClN2O2/c1-13(21)12-19-8-10-20(11-9-19)16(22)17(6-7-17)14-2-4-15(18)5-3-14/h2-5,13,21H,6-12H2,1H3/t13-/m1/s1. The first kappa shape index (κ1) is 15.8. The highest BCUT2D eigenvalue weighted by atomic mass is 35.5. The molecule has 1 aliphatic heterocycles. The van der Waals surface area contributed by atoms with Gasteiger partial charge in [-0.15, -0.1) is 0 Å². The quantitative estimate of drug-likeness (QED) is 0.920. The van der Waals surface area contributed by atoms with E-state index < -0.39 is 0 Å². The van der Waals surface area contributed by atoms with Crippen LogP contribution in [0.4, 0.5) is 0 Å². The lowest BCUT2D eigenvalue weighted by Gasteiger charge is -2.37. The van der Waals surface area contributed by atoms with Gasteiger partial charge in [-0.25, -0.2) is 0 Å². The van der Waals surface area contributed by atoms with E-state index in [9.17, 15) is 9.90 Å². The van der Waals surface area contributed by atoms with Crippen LogP contribution in [0, 0.1) is 0 Å². The second-order valence-electron chi connectivity index (χ2n) is 6.53. The fourth-order valence-corrected chi connectivity index (χ4v) is 3.46. The van der Waals surface area contributed by atoms with Crippen LogP contribution in [0.25, 0.3) is 0 Å². The molecule has 4 nitrogen and oxygen atoms in total. The predicted octanol–water partition coefficient (Wildman–Crippen LogP) is 1.90. The third-order valence-electron chi connectivity index (χ3n) is 4.74. The van der Waals surface area contributed by atoms with Crippen molar-refractivity contribution in [2.24, 2.45) is 0 Å². The first-order valence-electron chi connectivity index (χ1n) is 7.97. The van der Waals surface area contributed by atoms with Gasteiger partial charge in [-0.1, -0.05) is 23.7 Å². The minimum absolute atomic E-state index is 0.256. The zero-order valence-electron chi connectivity index (χ0n) is 13.0. The lowest BCUT2D eigenvalue weighted by atomic mass is 9.94. The topological polar surface area (TPSA) is 43.8 Å². The SMILES string of the molecule is C[C@@H](O)CN1CCN(C(=O)C2(c3ccc(Cl)cc3)CC2)CC1. The number of hydrogen-bond acceptors (Lipinski definition) is 3. The lowest BCUT2D eigenvalue weighted by molar-refractivity contribution is -0.135. The van der Waals surface area contributed by atoms with Gasteiger partial charge in [0.05, 0.1) is 11.5 Å². The van der Waals surface area contributed by atoms with Crippen LogP contribution in [-0.4, -0.2) is 59.6 Å². The van der Waals surface area contributed by atoms with E-state index in [2.05, 4.69) is 4.90 Å². The molecular weight excluding hydrogens is 300 g/mol. The maximum atomic E-state index is 12.9. The number of β-amino-alcohol motifs (C(OH)–C–C–N with tert-alkyl or cyclic N) is 1. The van der Waals surface area contributed by atoms with Gasteiger partial charge >= 0.3 is 0 Å². The fraction of sp³-hybridized carbons (Fsp3) is 0.588. The summed E-state index contributed by atoms with van der Waals surface area (Å²) in [5.74, 6) is 0.256. The van der Waals surface area contributed by atoms with E-state index in [0.29, 0.717) is 11.6 Å². The smallest absolute Gasteiger partial charge is 0.233 e. The van der Waals surface area contributed by atoms with Gasteiger partial charge in [0.25, 0.3) is 0 Å². The van der Waals surface area contributed by atoms with Crippen molar-refractivity contribution in [2.75, 3.05) is 32.7 Å². The third kappa shape index (κ3) is 3.14. The Morgan fingerprint density at radius 2 is 1.82 bits per heavy atom. The summed E-state index contributed by atoms with van der Waals surface area (Å²) in [7, 11) is 0. The number of carbonyl (C=O) groups excluding carboxylic acids is 1. The van der Waals surface area contributed by atoms with Gasteiger partial charge in [-0.05, 0) is 37.5 Å². The molecule has 3 rings (SSSR count). The minimum Gasteiger partial charge on any atom is -0.392 e. The highest BCUT2D eigenvalue weighted by molar-refractivity contribution is 6.30. The van der Waals surface area contributed by atoms with Crippen LogP contribution < -0.4 is 0 Å². The van der Waals surface area contributed by atoms with Crippen LogP contribution in [0.2, 0.25) is 5.02 Å². The molecule has 1 aliphatic carbocycles. The highest BCUT2D eigenvalue weighted by Crippen LogP contribution is 2.49. The third-order valence-corrected chi connectivity index (χ3v) is 4.99. The van der Waals surface area contributed by atoms with E-state index in [4.69, 9.17) is 11.6 Å². The summed E-state index contributed by atoms with van der Waals surface area (Å²) in [6.07, 6.45) is 1.55. The van der Waals surface area contributed by atoms with Gasteiger partial charge in [0, 0.05) is 37.7 Å². The molecule has 1 N–H and O–H groups in total. The Morgan fingerprint density at radius 3 is 2.32 bits per heavy atom. The normalized spacial score (nSPS) is 22.4. The van der Waals surface area contributed by atoms with Crippen LogP contribution in [0.1, 0.15) is 25.3 Å². The zero-order valence-corrected chi connectivity index (χ0v) is 13.7. The molecule has 0 spiro atoms. The number of piperazine rings is 1. The van der Waals surface area contributed by atoms with Crippen molar-refractivity contribution in [1.82, 2.24) is 9.80 Å². The van der Waals surface area contributed by atoms with E-state index in [1.54, 1.807) is 6.92 Å². The average molecular weight is 323 g/mol. The summed E-state index contributed by atoms with van der Waals surface area (Å²) in [5.41, 5.74) is 0.783. The van der Waals surface area contributed by atoms with Gasteiger partial charge < -0.3 is 10.0 Å². The number of aliphatic hydroxyl groups is 1. The summed E-state index contributed by atoms with van der Waals surface area (Å²) >= 11 is 5.95. The van der Waals surface area contributed by atoms with Crippen molar-refractivity contribution in [3.8, 4) is 0 Å². The molecule has 0 aromatic heterocycles. The molecule has 2 fully saturated rings. The maximum absolute atomic E-state index is 12.9. The van der Waals surface area contributed by atoms with Crippen molar-refractivity contribution in [2.45, 2.75) is 31.3 Å². The predicted molar refractivity (Wildman–Crippen MR) is 87.1 cm³/mol. The Hall–Kier alpha value is -1.10. The van der Waals surface area contributed by atoms with E-state index in [1.807, 2.05) is 29.2 Å². The number of benzene rings is 1. The molecule has 5 heteroatoms. The molecule has 1 atom stereocenters.